The first-order valence-electron chi connectivity index (χ1n) is 12.2. The molecular formula is C27H35N3O5. The van der Waals surface area contributed by atoms with Crippen LogP contribution in [0.5, 0.6) is 5.75 Å². The van der Waals surface area contributed by atoms with Crippen LogP contribution in [0.25, 0.3) is 0 Å². The first-order valence-corrected chi connectivity index (χ1v) is 12.2. The van der Waals surface area contributed by atoms with Gasteiger partial charge < -0.3 is 18.9 Å². The zero-order chi connectivity index (χ0) is 25.4. The minimum absolute atomic E-state index is 0.0488. The number of rotatable bonds is 7. The van der Waals surface area contributed by atoms with E-state index in [-0.39, 0.29) is 39.5 Å². The van der Waals surface area contributed by atoms with E-state index < -0.39 is 5.97 Å². The Bertz CT molecular complexity index is 1160. The predicted octanol–water partition coefficient (Wildman–Crippen LogP) is 3.11. The van der Waals surface area contributed by atoms with Crippen molar-refractivity contribution in [2.75, 3.05) is 26.8 Å². The quantitative estimate of drug-likeness (QED) is 0.446. The summed E-state index contributed by atoms with van der Waals surface area (Å²) in [6.45, 7) is 10.1. The summed E-state index contributed by atoms with van der Waals surface area (Å²) < 4.78 is 12.6. The summed E-state index contributed by atoms with van der Waals surface area (Å²) in [4.78, 5) is 45.0. The molecule has 1 aliphatic carbocycles. The number of ether oxygens (including phenoxy) is 2. The number of esters is 1. The van der Waals surface area contributed by atoms with Crippen LogP contribution in [-0.4, -0.2) is 53.1 Å². The van der Waals surface area contributed by atoms with E-state index in [1.165, 1.54) is 13.2 Å². The Balaban J connectivity index is 1.53. The molecule has 0 radical (unpaired) electrons. The second-order valence-electron chi connectivity index (χ2n) is 10.6. The van der Waals surface area contributed by atoms with Crippen molar-refractivity contribution in [1.29, 1.82) is 0 Å². The molecule has 2 aromatic heterocycles. The smallest absolute Gasteiger partial charge is 0.343 e. The molecule has 0 saturated heterocycles. The predicted molar refractivity (Wildman–Crippen MR) is 131 cm³/mol. The molecule has 2 aromatic rings. The van der Waals surface area contributed by atoms with Crippen molar-refractivity contribution in [3.05, 3.63) is 57.8 Å². The second kappa shape index (κ2) is 9.47. The second-order valence-corrected chi connectivity index (χ2v) is 10.6. The Kier molecular flexibility index (Phi) is 6.75. The third kappa shape index (κ3) is 4.58. The average Bonchev–Trinajstić information content (AvgIpc) is 3.35. The molecule has 8 heteroatoms. The normalized spacial score (nSPS) is 18.4. The fourth-order valence-electron chi connectivity index (χ4n) is 5.41. The van der Waals surface area contributed by atoms with Crippen LogP contribution in [0.1, 0.15) is 55.7 Å². The number of fused-ring (bicyclic) bond motifs is 1. The van der Waals surface area contributed by atoms with Gasteiger partial charge in [-0.05, 0) is 41.4 Å². The Labute approximate surface area is 206 Å². The van der Waals surface area contributed by atoms with Crippen molar-refractivity contribution in [3.8, 4) is 5.75 Å². The van der Waals surface area contributed by atoms with E-state index in [1.54, 1.807) is 17.0 Å². The fourth-order valence-corrected chi connectivity index (χ4v) is 5.41. The van der Waals surface area contributed by atoms with Gasteiger partial charge in [-0.1, -0.05) is 27.7 Å². The molecule has 0 bridgehead atoms. The molecule has 1 saturated carbocycles. The summed E-state index contributed by atoms with van der Waals surface area (Å²) in [6.07, 6.45) is 5.40. The maximum absolute atomic E-state index is 13.3. The van der Waals surface area contributed by atoms with Crippen LogP contribution in [0, 0.1) is 16.7 Å². The molecule has 1 amide bonds. The highest BCUT2D eigenvalue weighted by atomic mass is 16.5. The van der Waals surface area contributed by atoms with Crippen LogP contribution in [-0.2, 0) is 28.9 Å². The van der Waals surface area contributed by atoms with E-state index in [0.29, 0.717) is 38.4 Å². The number of hydrogen-bond acceptors (Lipinski definition) is 6. The summed E-state index contributed by atoms with van der Waals surface area (Å²) in [6, 6.07) is 5.27. The number of carbonyl (C=O) groups excluding carboxylic acids is 2. The Morgan fingerprint density at radius 3 is 2.40 bits per heavy atom. The van der Waals surface area contributed by atoms with Gasteiger partial charge in [0.1, 0.15) is 11.3 Å². The lowest BCUT2D eigenvalue weighted by molar-refractivity contribution is -0.133. The molecule has 2 aliphatic rings. The third-order valence-electron chi connectivity index (χ3n) is 8.18. The maximum atomic E-state index is 13.3. The van der Waals surface area contributed by atoms with Gasteiger partial charge in [0, 0.05) is 56.1 Å². The zero-order valence-corrected chi connectivity index (χ0v) is 21.3. The summed E-state index contributed by atoms with van der Waals surface area (Å²) in [7, 11) is 1.32. The van der Waals surface area contributed by atoms with Gasteiger partial charge in [-0.3, -0.25) is 14.6 Å². The Morgan fingerprint density at radius 1 is 1.09 bits per heavy atom. The number of aryl methyl sites for hydroxylation is 1. The molecule has 0 aromatic carbocycles. The molecule has 3 heterocycles. The van der Waals surface area contributed by atoms with E-state index in [1.807, 2.05) is 17.0 Å². The topological polar surface area (TPSA) is 90.7 Å². The average molecular weight is 482 g/mol. The van der Waals surface area contributed by atoms with Gasteiger partial charge in [0.15, 0.2) is 0 Å². The van der Waals surface area contributed by atoms with Crippen molar-refractivity contribution in [2.45, 2.75) is 53.5 Å². The number of pyridine rings is 2. The molecule has 1 aliphatic heterocycles. The minimum Gasteiger partial charge on any atom is -0.492 e. The van der Waals surface area contributed by atoms with Crippen molar-refractivity contribution < 1.29 is 19.1 Å². The zero-order valence-electron chi connectivity index (χ0n) is 21.3. The van der Waals surface area contributed by atoms with Crippen LogP contribution in [0.4, 0.5) is 0 Å². The van der Waals surface area contributed by atoms with E-state index in [9.17, 15) is 14.4 Å². The van der Waals surface area contributed by atoms with E-state index in [4.69, 9.17) is 9.47 Å². The van der Waals surface area contributed by atoms with Crippen molar-refractivity contribution in [3.63, 3.8) is 0 Å². The standard InChI is InChI=1S/C27H35N3O5/c1-26(2)23(27(26,3)4)24(32)29-13-10-19-22(25(33)34-5)20(17-21(31)30(19)15-14-29)35-16-6-7-18-8-11-28-12-9-18/h8-9,11-12,17,23H,6-7,10,13-16H2,1-5H3. The van der Waals surface area contributed by atoms with Gasteiger partial charge in [-0.25, -0.2) is 4.79 Å². The highest BCUT2D eigenvalue weighted by Gasteiger charge is 2.68. The van der Waals surface area contributed by atoms with Gasteiger partial charge in [0.25, 0.3) is 5.56 Å². The van der Waals surface area contributed by atoms with Crippen LogP contribution in [0.15, 0.2) is 35.4 Å². The molecule has 0 spiro atoms. The number of aromatic nitrogens is 2. The number of amides is 1. The van der Waals surface area contributed by atoms with E-state index >= 15 is 0 Å². The van der Waals surface area contributed by atoms with Crippen LogP contribution >= 0.6 is 0 Å². The number of methoxy groups -OCH3 is 1. The minimum atomic E-state index is -0.540. The maximum Gasteiger partial charge on any atom is 0.343 e. The Hall–Kier alpha value is -3.16. The SMILES string of the molecule is COC(=O)c1c(OCCCc2ccncc2)cc(=O)n2c1CCN(C(=O)C1C(C)(C)C1(C)C)CC2. The van der Waals surface area contributed by atoms with Crippen LogP contribution < -0.4 is 10.3 Å². The van der Waals surface area contributed by atoms with Gasteiger partial charge in [0.2, 0.25) is 5.91 Å². The summed E-state index contributed by atoms with van der Waals surface area (Å²) in [5, 5.41) is 0. The number of hydrogen-bond donors (Lipinski definition) is 0. The molecule has 8 nitrogen and oxygen atoms in total. The first kappa shape index (κ1) is 24.9. The van der Waals surface area contributed by atoms with Crippen molar-refractivity contribution in [2.24, 2.45) is 16.7 Å². The summed E-state index contributed by atoms with van der Waals surface area (Å²) in [5.41, 5.74) is 1.63. The van der Waals surface area contributed by atoms with E-state index in [2.05, 4.69) is 32.7 Å². The van der Waals surface area contributed by atoms with Crippen molar-refractivity contribution in [1.82, 2.24) is 14.5 Å². The molecule has 35 heavy (non-hydrogen) atoms. The molecular weight excluding hydrogens is 446 g/mol. The van der Waals surface area contributed by atoms with E-state index in [0.717, 1.165) is 18.4 Å². The van der Waals surface area contributed by atoms with Gasteiger partial charge in [-0.2, -0.15) is 0 Å². The molecule has 0 unspecified atom stereocenters. The summed E-state index contributed by atoms with van der Waals surface area (Å²) >= 11 is 0. The fraction of sp³-hybridized carbons (Fsp3) is 0.556. The molecule has 4 rings (SSSR count). The lowest BCUT2D eigenvalue weighted by Gasteiger charge is -2.21. The van der Waals surface area contributed by atoms with Gasteiger partial charge in [-0.15, -0.1) is 0 Å². The third-order valence-corrected chi connectivity index (χ3v) is 8.18. The number of carbonyl (C=O) groups is 2. The summed E-state index contributed by atoms with van der Waals surface area (Å²) in [5.74, 6) is -0.227. The highest BCUT2D eigenvalue weighted by molar-refractivity contribution is 5.93. The lowest BCUT2D eigenvalue weighted by Crippen LogP contribution is -2.36. The number of nitrogens with zero attached hydrogens (tertiary/aromatic N) is 3. The van der Waals surface area contributed by atoms with Crippen LogP contribution in [0.3, 0.4) is 0 Å². The highest BCUT2D eigenvalue weighted by Crippen LogP contribution is 2.68. The van der Waals surface area contributed by atoms with Crippen LogP contribution in [0.2, 0.25) is 0 Å². The van der Waals surface area contributed by atoms with Crippen molar-refractivity contribution >= 4 is 11.9 Å². The van der Waals surface area contributed by atoms with Gasteiger partial charge >= 0.3 is 5.97 Å². The first-order chi connectivity index (χ1) is 16.6. The monoisotopic (exact) mass is 481 g/mol. The molecule has 1 fully saturated rings. The molecule has 0 atom stereocenters. The molecule has 0 N–H and O–H groups in total. The molecule has 188 valence electrons. The largest absolute Gasteiger partial charge is 0.492 e. The van der Waals surface area contributed by atoms with Gasteiger partial charge in [0.05, 0.1) is 13.7 Å². The Morgan fingerprint density at radius 2 is 1.77 bits per heavy atom. The lowest BCUT2D eigenvalue weighted by atomic mass is 10.0.